The molecule has 1 amide bonds. The first-order chi connectivity index (χ1) is 10.3. The van der Waals surface area contributed by atoms with Crippen LogP contribution in [0.15, 0.2) is 0 Å². The minimum atomic E-state index is 0.112. The number of nitrogens with zero attached hydrogens (tertiary/aromatic N) is 1. The van der Waals surface area contributed by atoms with E-state index in [1.165, 1.54) is 32.1 Å². The van der Waals surface area contributed by atoms with E-state index in [-0.39, 0.29) is 6.04 Å². The molecule has 118 valence electrons. The summed E-state index contributed by atoms with van der Waals surface area (Å²) in [6.07, 6.45) is 10.3. The molecule has 6 atom stereocenters. The molecule has 4 fully saturated rings. The van der Waals surface area contributed by atoms with Gasteiger partial charge in [0.1, 0.15) is 0 Å². The van der Waals surface area contributed by atoms with Crippen LogP contribution in [0.5, 0.6) is 0 Å². The van der Waals surface area contributed by atoms with Crippen molar-refractivity contribution in [2.45, 2.75) is 83.5 Å². The molecule has 3 nitrogen and oxygen atoms in total. The van der Waals surface area contributed by atoms with E-state index in [1.807, 2.05) is 0 Å². The minimum absolute atomic E-state index is 0.112. The van der Waals surface area contributed by atoms with Gasteiger partial charge in [-0.3, -0.25) is 10.1 Å². The standard InChI is InChI=1S/C18H30N2O/c1-3-5-7-13-18(21)20(14(19-13)6-4-2)17-15-11-8-9-12(10-11)16(15)17/h11-17,19H,3-10H2,1-2H3. The Bertz CT molecular complexity index is 407. The van der Waals surface area contributed by atoms with Crippen LogP contribution in [0.1, 0.15) is 65.2 Å². The highest BCUT2D eigenvalue weighted by atomic mass is 16.2. The van der Waals surface area contributed by atoms with Gasteiger partial charge in [0.2, 0.25) is 5.91 Å². The lowest BCUT2D eigenvalue weighted by atomic mass is 10.0. The molecule has 4 rings (SSSR count). The average molecular weight is 290 g/mol. The SMILES string of the molecule is CCCCC1NC(CCC)N(C2C3C4CCC(C4)C32)C1=O. The van der Waals surface area contributed by atoms with E-state index >= 15 is 0 Å². The Morgan fingerprint density at radius 2 is 1.81 bits per heavy atom. The Morgan fingerprint density at radius 3 is 2.43 bits per heavy atom. The van der Waals surface area contributed by atoms with E-state index in [2.05, 4.69) is 24.1 Å². The van der Waals surface area contributed by atoms with Gasteiger partial charge < -0.3 is 4.90 Å². The fourth-order valence-electron chi connectivity index (χ4n) is 5.83. The van der Waals surface area contributed by atoms with Gasteiger partial charge in [0.05, 0.1) is 12.2 Å². The molecular formula is C18H30N2O. The van der Waals surface area contributed by atoms with Crippen molar-refractivity contribution in [2.24, 2.45) is 23.7 Å². The van der Waals surface area contributed by atoms with Crippen LogP contribution in [0.25, 0.3) is 0 Å². The summed E-state index contributed by atoms with van der Waals surface area (Å²) >= 11 is 0. The van der Waals surface area contributed by atoms with E-state index in [0.29, 0.717) is 18.1 Å². The summed E-state index contributed by atoms with van der Waals surface area (Å²) in [6.45, 7) is 4.45. The molecule has 0 aromatic heterocycles. The van der Waals surface area contributed by atoms with E-state index < -0.39 is 0 Å². The van der Waals surface area contributed by atoms with Crippen LogP contribution in [0.2, 0.25) is 0 Å². The number of fused-ring (bicyclic) bond motifs is 5. The number of unbranched alkanes of at least 4 members (excludes halogenated alkanes) is 1. The maximum absolute atomic E-state index is 12.9. The number of carbonyl (C=O) groups is 1. The van der Waals surface area contributed by atoms with E-state index in [4.69, 9.17) is 0 Å². The van der Waals surface area contributed by atoms with Gasteiger partial charge in [-0.05, 0) is 55.8 Å². The van der Waals surface area contributed by atoms with Crippen molar-refractivity contribution >= 4 is 5.91 Å². The van der Waals surface area contributed by atoms with Crippen LogP contribution >= 0.6 is 0 Å². The first kappa shape index (κ1) is 14.0. The highest BCUT2D eigenvalue weighted by Crippen LogP contribution is 2.67. The van der Waals surface area contributed by atoms with Crippen molar-refractivity contribution in [1.82, 2.24) is 10.2 Å². The molecule has 0 radical (unpaired) electrons. The summed E-state index contributed by atoms with van der Waals surface area (Å²) in [4.78, 5) is 15.2. The number of amides is 1. The van der Waals surface area contributed by atoms with Crippen molar-refractivity contribution in [3.63, 3.8) is 0 Å². The average Bonchev–Trinajstić information content (AvgIpc) is 2.81. The first-order valence-electron chi connectivity index (χ1n) is 9.34. The maximum Gasteiger partial charge on any atom is 0.241 e. The quantitative estimate of drug-likeness (QED) is 0.815. The van der Waals surface area contributed by atoms with Crippen LogP contribution in [-0.4, -0.2) is 29.1 Å². The Kier molecular flexibility index (Phi) is 3.52. The summed E-state index contributed by atoms with van der Waals surface area (Å²) in [7, 11) is 0. The first-order valence-corrected chi connectivity index (χ1v) is 9.34. The van der Waals surface area contributed by atoms with E-state index in [9.17, 15) is 4.79 Å². The molecule has 21 heavy (non-hydrogen) atoms. The Hall–Kier alpha value is -0.570. The third-order valence-electron chi connectivity index (χ3n) is 6.71. The molecule has 4 aliphatic rings. The van der Waals surface area contributed by atoms with Crippen LogP contribution < -0.4 is 5.32 Å². The molecule has 3 heteroatoms. The van der Waals surface area contributed by atoms with Gasteiger partial charge in [-0.25, -0.2) is 0 Å². The zero-order valence-corrected chi connectivity index (χ0v) is 13.6. The van der Waals surface area contributed by atoms with Crippen LogP contribution in [0, 0.1) is 23.7 Å². The summed E-state index contributed by atoms with van der Waals surface area (Å²) in [5, 5.41) is 3.66. The molecule has 1 aliphatic heterocycles. The highest BCUT2D eigenvalue weighted by molar-refractivity contribution is 5.85. The molecule has 2 bridgehead atoms. The zero-order chi connectivity index (χ0) is 14.6. The second-order valence-electron chi connectivity index (χ2n) is 7.89. The largest absolute Gasteiger partial charge is 0.322 e. The van der Waals surface area contributed by atoms with Gasteiger partial charge in [0.25, 0.3) is 0 Å². The highest BCUT2D eigenvalue weighted by Gasteiger charge is 2.69. The van der Waals surface area contributed by atoms with Crippen molar-refractivity contribution in [3.05, 3.63) is 0 Å². The molecule has 6 unspecified atom stereocenters. The van der Waals surface area contributed by atoms with Crippen LogP contribution in [-0.2, 0) is 4.79 Å². The van der Waals surface area contributed by atoms with Crippen molar-refractivity contribution < 1.29 is 4.79 Å². The molecule has 1 N–H and O–H groups in total. The van der Waals surface area contributed by atoms with Gasteiger partial charge in [0, 0.05) is 6.04 Å². The lowest BCUT2D eigenvalue weighted by Crippen LogP contribution is -2.41. The second kappa shape index (κ2) is 5.26. The Balaban J connectivity index is 1.48. The summed E-state index contributed by atoms with van der Waals surface area (Å²) < 4.78 is 0. The molecular weight excluding hydrogens is 260 g/mol. The number of nitrogens with one attached hydrogen (secondary N) is 1. The molecule has 0 aromatic rings. The molecule has 0 spiro atoms. The van der Waals surface area contributed by atoms with Gasteiger partial charge in [-0.15, -0.1) is 0 Å². The number of rotatable bonds is 6. The smallest absolute Gasteiger partial charge is 0.241 e. The van der Waals surface area contributed by atoms with Gasteiger partial charge in [-0.2, -0.15) is 0 Å². The summed E-state index contributed by atoms with van der Waals surface area (Å²) in [5.74, 6) is 4.09. The predicted octanol–water partition coefficient (Wildman–Crippen LogP) is 3.15. The third-order valence-corrected chi connectivity index (χ3v) is 6.71. The number of carbonyl (C=O) groups excluding carboxylic acids is 1. The topological polar surface area (TPSA) is 32.3 Å². The van der Waals surface area contributed by atoms with Gasteiger partial charge in [-0.1, -0.05) is 33.1 Å². The minimum Gasteiger partial charge on any atom is -0.322 e. The molecule has 0 aromatic carbocycles. The lowest BCUT2D eigenvalue weighted by molar-refractivity contribution is -0.131. The fraction of sp³-hybridized carbons (Fsp3) is 0.944. The van der Waals surface area contributed by atoms with E-state index in [0.717, 1.165) is 42.9 Å². The second-order valence-corrected chi connectivity index (χ2v) is 7.89. The summed E-state index contributed by atoms with van der Waals surface area (Å²) in [5.41, 5.74) is 0. The monoisotopic (exact) mass is 290 g/mol. The lowest BCUT2D eigenvalue weighted by Gasteiger charge is -2.27. The van der Waals surface area contributed by atoms with Crippen LogP contribution in [0.3, 0.4) is 0 Å². The van der Waals surface area contributed by atoms with Crippen molar-refractivity contribution in [1.29, 1.82) is 0 Å². The Labute approximate surface area is 128 Å². The number of hydrogen-bond acceptors (Lipinski definition) is 2. The predicted molar refractivity (Wildman–Crippen MR) is 83.6 cm³/mol. The molecule has 1 saturated heterocycles. The normalized spacial score (nSPS) is 47.2. The maximum atomic E-state index is 12.9. The van der Waals surface area contributed by atoms with Crippen molar-refractivity contribution in [3.8, 4) is 0 Å². The molecule has 1 heterocycles. The fourth-order valence-corrected chi connectivity index (χ4v) is 5.83. The summed E-state index contributed by atoms with van der Waals surface area (Å²) in [6, 6.07) is 0.722. The van der Waals surface area contributed by atoms with E-state index in [1.54, 1.807) is 0 Å². The molecule has 3 aliphatic carbocycles. The van der Waals surface area contributed by atoms with Gasteiger partial charge in [0.15, 0.2) is 0 Å². The van der Waals surface area contributed by atoms with Gasteiger partial charge >= 0.3 is 0 Å². The van der Waals surface area contributed by atoms with Crippen molar-refractivity contribution in [2.75, 3.05) is 0 Å². The number of hydrogen-bond donors (Lipinski definition) is 1. The third kappa shape index (κ3) is 2.07. The molecule has 3 saturated carbocycles. The zero-order valence-electron chi connectivity index (χ0n) is 13.6. The van der Waals surface area contributed by atoms with Crippen LogP contribution in [0.4, 0.5) is 0 Å². The Morgan fingerprint density at radius 1 is 1.10 bits per heavy atom.